The van der Waals surface area contributed by atoms with Gasteiger partial charge < -0.3 is 19.7 Å². The second-order valence-corrected chi connectivity index (χ2v) is 8.55. The van der Waals surface area contributed by atoms with Crippen LogP contribution in [0.3, 0.4) is 0 Å². The van der Waals surface area contributed by atoms with Crippen LogP contribution in [-0.2, 0) is 17.9 Å². The lowest BCUT2D eigenvalue weighted by molar-refractivity contribution is 0.0954. The highest BCUT2D eigenvalue weighted by Crippen LogP contribution is 2.22. The number of carbonyl (C=O) groups excluding carboxylic acids is 1. The van der Waals surface area contributed by atoms with Crippen LogP contribution < -0.4 is 15.0 Å². The Labute approximate surface area is 190 Å². The highest BCUT2D eigenvalue weighted by Gasteiger charge is 2.18. The molecule has 162 valence electrons. The Morgan fingerprint density at radius 2 is 2.03 bits per heavy atom. The number of morpholine rings is 1. The van der Waals surface area contributed by atoms with E-state index < -0.39 is 0 Å². The molecular formula is C22H23ClN4O3S. The van der Waals surface area contributed by atoms with Gasteiger partial charge in [0, 0.05) is 36.4 Å². The van der Waals surface area contributed by atoms with E-state index in [1.807, 2.05) is 19.1 Å². The molecule has 2 aromatic heterocycles. The van der Waals surface area contributed by atoms with Crippen LogP contribution >= 0.6 is 22.9 Å². The third-order valence-electron chi connectivity index (χ3n) is 4.84. The van der Waals surface area contributed by atoms with E-state index in [-0.39, 0.29) is 5.91 Å². The number of carbonyl (C=O) groups is 1. The third-order valence-corrected chi connectivity index (χ3v) is 6.22. The fraction of sp³-hybridized carbons (Fsp3) is 0.318. The molecule has 0 aliphatic carbocycles. The second kappa shape index (κ2) is 10.1. The molecule has 1 aliphatic heterocycles. The first kappa shape index (κ1) is 21.5. The van der Waals surface area contributed by atoms with Crippen molar-refractivity contribution in [1.29, 1.82) is 0 Å². The van der Waals surface area contributed by atoms with Gasteiger partial charge in [-0.05, 0) is 37.3 Å². The Morgan fingerprint density at radius 3 is 2.81 bits per heavy atom. The van der Waals surface area contributed by atoms with Gasteiger partial charge in [0.15, 0.2) is 0 Å². The van der Waals surface area contributed by atoms with Crippen molar-refractivity contribution >= 4 is 34.7 Å². The first-order chi connectivity index (χ1) is 15.1. The zero-order chi connectivity index (χ0) is 21.6. The Hall–Kier alpha value is -2.68. The zero-order valence-electron chi connectivity index (χ0n) is 17.1. The number of benzene rings is 1. The molecule has 0 radical (unpaired) electrons. The molecule has 1 saturated heterocycles. The largest absolute Gasteiger partial charge is 0.486 e. The molecule has 0 unspecified atom stereocenters. The number of nitrogens with zero attached hydrogens (tertiary/aromatic N) is 3. The van der Waals surface area contributed by atoms with Gasteiger partial charge in [0.2, 0.25) is 0 Å². The maximum absolute atomic E-state index is 12.8. The number of anilines is 1. The Morgan fingerprint density at radius 1 is 1.26 bits per heavy atom. The Balaban J connectivity index is 1.37. The summed E-state index contributed by atoms with van der Waals surface area (Å²) in [7, 11) is 0. The molecule has 0 bridgehead atoms. The number of pyridine rings is 1. The van der Waals surface area contributed by atoms with Gasteiger partial charge in [-0.15, -0.1) is 11.3 Å². The minimum absolute atomic E-state index is 0.149. The number of hydrogen-bond donors (Lipinski definition) is 1. The van der Waals surface area contributed by atoms with Crippen molar-refractivity contribution in [2.24, 2.45) is 0 Å². The number of ether oxygens (including phenoxy) is 2. The summed E-state index contributed by atoms with van der Waals surface area (Å²) in [4.78, 5) is 24.6. The summed E-state index contributed by atoms with van der Waals surface area (Å²) >= 11 is 7.23. The quantitative estimate of drug-likeness (QED) is 0.579. The van der Waals surface area contributed by atoms with Crippen LogP contribution in [0, 0.1) is 6.92 Å². The van der Waals surface area contributed by atoms with E-state index in [0.29, 0.717) is 47.7 Å². The maximum atomic E-state index is 12.8. The van der Waals surface area contributed by atoms with Crippen LogP contribution in [-0.4, -0.2) is 42.2 Å². The molecule has 1 aromatic carbocycles. The van der Waals surface area contributed by atoms with E-state index in [1.165, 1.54) is 11.3 Å². The number of amides is 1. The molecule has 9 heteroatoms. The van der Waals surface area contributed by atoms with Gasteiger partial charge in [-0.1, -0.05) is 17.7 Å². The first-order valence-corrected chi connectivity index (χ1v) is 11.2. The van der Waals surface area contributed by atoms with Crippen molar-refractivity contribution in [3.8, 4) is 5.75 Å². The van der Waals surface area contributed by atoms with E-state index in [1.54, 1.807) is 30.5 Å². The zero-order valence-corrected chi connectivity index (χ0v) is 18.7. The molecule has 1 aliphatic rings. The SMILES string of the molecule is Cc1nc(COc2ccc(Cl)cc2)sc1C(=O)NCc1cccnc1N1CCOCC1. The van der Waals surface area contributed by atoms with E-state index >= 15 is 0 Å². The molecule has 0 atom stereocenters. The predicted octanol–water partition coefficient (Wildman–Crippen LogP) is 3.85. The summed E-state index contributed by atoms with van der Waals surface area (Å²) < 4.78 is 11.2. The molecule has 3 aromatic rings. The van der Waals surface area contributed by atoms with E-state index in [0.717, 1.165) is 29.5 Å². The predicted molar refractivity (Wildman–Crippen MR) is 121 cm³/mol. The molecule has 7 nitrogen and oxygen atoms in total. The maximum Gasteiger partial charge on any atom is 0.263 e. The lowest BCUT2D eigenvalue weighted by atomic mass is 10.2. The van der Waals surface area contributed by atoms with E-state index in [2.05, 4.69) is 20.2 Å². The van der Waals surface area contributed by atoms with Crippen molar-refractivity contribution in [2.45, 2.75) is 20.1 Å². The molecule has 1 amide bonds. The molecule has 1 N–H and O–H groups in total. The number of nitrogens with one attached hydrogen (secondary N) is 1. The minimum atomic E-state index is -0.149. The smallest absolute Gasteiger partial charge is 0.263 e. The van der Waals surface area contributed by atoms with Crippen LogP contribution in [0.1, 0.15) is 25.9 Å². The van der Waals surface area contributed by atoms with Gasteiger partial charge in [-0.2, -0.15) is 0 Å². The van der Waals surface area contributed by atoms with Gasteiger partial charge in [0.1, 0.15) is 28.1 Å². The summed E-state index contributed by atoms with van der Waals surface area (Å²) in [6.45, 7) is 5.48. The van der Waals surface area contributed by atoms with Crippen molar-refractivity contribution in [1.82, 2.24) is 15.3 Å². The summed E-state index contributed by atoms with van der Waals surface area (Å²) in [6, 6.07) is 11.0. The number of halogens is 1. The number of aryl methyl sites for hydroxylation is 1. The van der Waals surface area contributed by atoms with Crippen molar-refractivity contribution in [3.63, 3.8) is 0 Å². The normalized spacial score (nSPS) is 13.8. The van der Waals surface area contributed by atoms with Crippen LogP contribution in [0.2, 0.25) is 5.02 Å². The molecule has 3 heterocycles. The second-order valence-electron chi connectivity index (χ2n) is 7.03. The highest BCUT2D eigenvalue weighted by atomic mass is 35.5. The summed E-state index contributed by atoms with van der Waals surface area (Å²) in [5.74, 6) is 1.45. The standard InChI is InChI=1S/C22H23ClN4O3S/c1-15-20(31-19(26-15)14-30-18-6-4-17(23)5-7-18)22(28)25-13-16-3-2-8-24-21(16)27-9-11-29-12-10-27/h2-8H,9-14H2,1H3,(H,25,28). The molecule has 1 fully saturated rings. The molecular weight excluding hydrogens is 436 g/mol. The van der Waals surface area contributed by atoms with Crippen LogP contribution in [0.4, 0.5) is 5.82 Å². The van der Waals surface area contributed by atoms with Gasteiger partial charge in [0.25, 0.3) is 5.91 Å². The average Bonchev–Trinajstić information content (AvgIpc) is 3.18. The third kappa shape index (κ3) is 5.52. The summed E-state index contributed by atoms with van der Waals surface area (Å²) in [5.41, 5.74) is 1.67. The fourth-order valence-corrected chi connectivity index (χ4v) is 4.30. The lowest BCUT2D eigenvalue weighted by Crippen LogP contribution is -2.37. The van der Waals surface area contributed by atoms with Crippen LogP contribution in [0.5, 0.6) is 5.75 Å². The number of rotatable bonds is 7. The van der Waals surface area contributed by atoms with Crippen LogP contribution in [0.25, 0.3) is 0 Å². The molecule has 4 rings (SSSR count). The van der Waals surface area contributed by atoms with Crippen molar-refractivity contribution in [2.75, 3.05) is 31.2 Å². The van der Waals surface area contributed by atoms with E-state index in [9.17, 15) is 4.79 Å². The van der Waals surface area contributed by atoms with Gasteiger partial charge >= 0.3 is 0 Å². The average molecular weight is 459 g/mol. The Bertz CT molecular complexity index is 1040. The molecule has 0 saturated carbocycles. The van der Waals surface area contributed by atoms with Crippen molar-refractivity contribution in [3.05, 3.63) is 68.8 Å². The number of hydrogen-bond acceptors (Lipinski definition) is 7. The fourth-order valence-electron chi connectivity index (χ4n) is 3.28. The highest BCUT2D eigenvalue weighted by molar-refractivity contribution is 7.13. The van der Waals surface area contributed by atoms with Gasteiger partial charge in [-0.3, -0.25) is 4.79 Å². The van der Waals surface area contributed by atoms with Gasteiger partial charge in [-0.25, -0.2) is 9.97 Å². The number of aromatic nitrogens is 2. The van der Waals surface area contributed by atoms with E-state index in [4.69, 9.17) is 21.1 Å². The topological polar surface area (TPSA) is 76.6 Å². The van der Waals surface area contributed by atoms with Gasteiger partial charge in [0.05, 0.1) is 18.9 Å². The van der Waals surface area contributed by atoms with Crippen LogP contribution in [0.15, 0.2) is 42.6 Å². The molecule has 31 heavy (non-hydrogen) atoms. The monoisotopic (exact) mass is 458 g/mol. The lowest BCUT2D eigenvalue weighted by Gasteiger charge is -2.29. The first-order valence-electron chi connectivity index (χ1n) is 9.99. The minimum Gasteiger partial charge on any atom is -0.486 e. The summed E-state index contributed by atoms with van der Waals surface area (Å²) in [6.07, 6.45) is 1.77. The number of thiazole rings is 1. The van der Waals surface area contributed by atoms with Crippen molar-refractivity contribution < 1.29 is 14.3 Å². The summed E-state index contributed by atoms with van der Waals surface area (Å²) in [5, 5.41) is 4.40. The Kier molecular flexibility index (Phi) is 7.01. The molecule has 0 spiro atoms.